The lowest BCUT2D eigenvalue weighted by atomic mass is 10.3. The van der Waals surface area contributed by atoms with Gasteiger partial charge in [0.25, 0.3) is 0 Å². The maximum Gasteiger partial charge on any atom is 0.196 e. The minimum Gasteiger partial charge on any atom is -0.288 e. The van der Waals surface area contributed by atoms with Gasteiger partial charge < -0.3 is 0 Å². The highest BCUT2D eigenvalue weighted by Gasteiger charge is 2.03. The van der Waals surface area contributed by atoms with Gasteiger partial charge in [0.15, 0.2) is 5.78 Å². The van der Waals surface area contributed by atoms with Crippen molar-refractivity contribution in [2.75, 3.05) is 0 Å². The topological polar surface area (TPSA) is 17.1 Å². The van der Waals surface area contributed by atoms with Crippen molar-refractivity contribution in [1.82, 2.24) is 0 Å². The van der Waals surface area contributed by atoms with Crippen LogP contribution in [0.3, 0.4) is 0 Å². The summed E-state index contributed by atoms with van der Waals surface area (Å²) in [4.78, 5) is 13.2. The Labute approximate surface area is 87.8 Å². The van der Waals surface area contributed by atoms with Crippen LogP contribution in [-0.4, -0.2) is 5.78 Å². The first-order chi connectivity index (χ1) is 6.77. The summed E-state index contributed by atoms with van der Waals surface area (Å²) < 4.78 is 0. The molecule has 0 aliphatic carbocycles. The van der Waals surface area contributed by atoms with Crippen molar-refractivity contribution in [3.8, 4) is 11.8 Å². The van der Waals surface area contributed by atoms with E-state index in [1.54, 1.807) is 25.1 Å². The van der Waals surface area contributed by atoms with Gasteiger partial charge in [0.05, 0.1) is 4.88 Å². The Hall–Kier alpha value is -1.59. The molecular formula is C12H10OS. The van der Waals surface area contributed by atoms with Gasteiger partial charge in [-0.2, -0.15) is 0 Å². The first kappa shape index (κ1) is 10.5. The van der Waals surface area contributed by atoms with Crippen LogP contribution in [0.15, 0.2) is 30.9 Å². The van der Waals surface area contributed by atoms with Gasteiger partial charge in [0.1, 0.15) is 0 Å². The minimum atomic E-state index is -0.00847. The Morgan fingerprint density at radius 3 is 2.93 bits per heavy atom. The third kappa shape index (κ3) is 2.72. The van der Waals surface area contributed by atoms with E-state index in [4.69, 9.17) is 0 Å². The fourth-order valence-corrected chi connectivity index (χ4v) is 1.66. The van der Waals surface area contributed by atoms with Crippen LogP contribution in [0, 0.1) is 11.8 Å². The van der Waals surface area contributed by atoms with E-state index < -0.39 is 0 Å². The Kier molecular flexibility index (Phi) is 3.90. The third-order valence-corrected chi connectivity index (χ3v) is 2.63. The second-order valence-corrected chi connectivity index (χ2v) is 3.61. The molecule has 0 amide bonds. The summed E-state index contributed by atoms with van der Waals surface area (Å²) in [5.74, 6) is 5.38. The molecule has 0 N–H and O–H groups in total. The molecule has 0 aliphatic rings. The van der Waals surface area contributed by atoms with Crippen LogP contribution in [0.2, 0.25) is 0 Å². The predicted molar refractivity (Wildman–Crippen MR) is 61.3 cm³/mol. The van der Waals surface area contributed by atoms with Crippen molar-refractivity contribution >= 4 is 23.2 Å². The lowest BCUT2D eigenvalue weighted by Gasteiger charge is -1.85. The average molecular weight is 202 g/mol. The number of ketones is 1. The molecule has 70 valence electrons. The van der Waals surface area contributed by atoms with Crippen molar-refractivity contribution < 1.29 is 4.79 Å². The fourth-order valence-electron chi connectivity index (χ4n) is 0.878. The van der Waals surface area contributed by atoms with Crippen LogP contribution < -0.4 is 0 Å². The first-order valence-corrected chi connectivity index (χ1v) is 4.95. The molecule has 0 saturated carbocycles. The second kappa shape index (κ2) is 5.21. The van der Waals surface area contributed by atoms with E-state index in [-0.39, 0.29) is 5.78 Å². The molecule has 0 aliphatic heterocycles. The van der Waals surface area contributed by atoms with E-state index in [2.05, 4.69) is 18.4 Å². The van der Waals surface area contributed by atoms with E-state index in [1.165, 1.54) is 17.4 Å². The van der Waals surface area contributed by atoms with Crippen molar-refractivity contribution in [2.45, 2.75) is 6.92 Å². The molecule has 1 heterocycles. The number of rotatable bonds is 3. The Bertz CT molecular complexity index is 427. The lowest BCUT2D eigenvalue weighted by Crippen LogP contribution is -1.87. The molecule has 0 fully saturated rings. The van der Waals surface area contributed by atoms with Gasteiger partial charge in [-0.25, -0.2) is 0 Å². The Morgan fingerprint density at radius 2 is 2.36 bits per heavy atom. The van der Waals surface area contributed by atoms with Gasteiger partial charge in [-0.3, -0.25) is 4.79 Å². The monoisotopic (exact) mass is 202 g/mol. The van der Waals surface area contributed by atoms with Crippen molar-refractivity contribution in [2.24, 2.45) is 0 Å². The highest BCUT2D eigenvalue weighted by atomic mass is 32.1. The summed E-state index contributed by atoms with van der Waals surface area (Å²) in [6.07, 6.45) is 4.78. The SMILES string of the molecule is C=Cc1ccc(C(=O)/C=C/C#CC)s1. The summed E-state index contributed by atoms with van der Waals surface area (Å²) in [5, 5.41) is 0. The molecule has 0 spiro atoms. The highest BCUT2D eigenvalue weighted by molar-refractivity contribution is 7.15. The fraction of sp³-hybridized carbons (Fsp3) is 0.0833. The molecule has 0 bridgehead atoms. The van der Waals surface area contributed by atoms with Crippen LogP contribution in [0.25, 0.3) is 6.08 Å². The maximum absolute atomic E-state index is 11.5. The van der Waals surface area contributed by atoms with Crippen LogP contribution in [0.5, 0.6) is 0 Å². The van der Waals surface area contributed by atoms with Gasteiger partial charge >= 0.3 is 0 Å². The number of allylic oxidation sites excluding steroid dienone is 2. The summed E-state index contributed by atoms with van der Waals surface area (Å²) in [5.41, 5.74) is 0. The van der Waals surface area contributed by atoms with E-state index in [0.717, 1.165) is 4.88 Å². The number of hydrogen-bond donors (Lipinski definition) is 0. The molecule has 1 aromatic heterocycles. The molecule has 0 radical (unpaired) electrons. The van der Waals surface area contributed by atoms with Gasteiger partial charge in [0, 0.05) is 4.88 Å². The van der Waals surface area contributed by atoms with Crippen molar-refractivity contribution in [3.63, 3.8) is 0 Å². The minimum absolute atomic E-state index is 0.00847. The summed E-state index contributed by atoms with van der Waals surface area (Å²) in [6.45, 7) is 5.37. The van der Waals surface area contributed by atoms with Crippen molar-refractivity contribution in [1.29, 1.82) is 0 Å². The zero-order chi connectivity index (χ0) is 10.4. The zero-order valence-electron chi connectivity index (χ0n) is 7.91. The summed E-state index contributed by atoms with van der Waals surface area (Å²) in [6, 6.07) is 3.68. The number of carbonyl (C=O) groups is 1. The molecule has 0 saturated heterocycles. The van der Waals surface area contributed by atoms with Crippen molar-refractivity contribution in [3.05, 3.63) is 40.6 Å². The largest absolute Gasteiger partial charge is 0.288 e. The van der Waals surface area contributed by atoms with Gasteiger partial charge in [-0.1, -0.05) is 18.6 Å². The van der Waals surface area contributed by atoms with Crippen LogP contribution in [0.1, 0.15) is 21.5 Å². The quantitative estimate of drug-likeness (QED) is 0.418. The number of thiophene rings is 1. The second-order valence-electron chi connectivity index (χ2n) is 2.50. The molecule has 2 heteroatoms. The molecule has 1 aromatic rings. The van der Waals surface area contributed by atoms with E-state index in [0.29, 0.717) is 4.88 Å². The van der Waals surface area contributed by atoms with E-state index in [1.807, 2.05) is 6.07 Å². The van der Waals surface area contributed by atoms with Gasteiger partial charge in [-0.15, -0.1) is 17.3 Å². The maximum atomic E-state index is 11.5. The Morgan fingerprint density at radius 1 is 1.57 bits per heavy atom. The van der Waals surface area contributed by atoms with Gasteiger partial charge in [-0.05, 0) is 31.2 Å². The highest BCUT2D eigenvalue weighted by Crippen LogP contribution is 2.17. The summed E-state index contributed by atoms with van der Waals surface area (Å²) >= 11 is 1.43. The van der Waals surface area contributed by atoms with Crippen LogP contribution in [-0.2, 0) is 0 Å². The third-order valence-electron chi connectivity index (χ3n) is 1.53. The van der Waals surface area contributed by atoms with Gasteiger partial charge in [0.2, 0.25) is 0 Å². The standard InChI is InChI=1S/C12H10OS/c1-3-5-6-7-11(13)12-9-8-10(4-2)14-12/h4,6-9H,2H2,1H3/b7-6+. The average Bonchev–Trinajstić information content (AvgIpc) is 2.66. The van der Waals surface area contributed by atoms with E-state index in [9.17, 15) is 4.79 Å². The molecule has 0 aromatic carbocycles. The normalized spacial score (nSPS) is 9.50. The first-order valence-electron chi connectivity index (χ1n) is 4.13. The lowest BCUT2D eigenvalue weighted by molar-refractivity contribution is 0.105. The predicted octanol–water partition coefficient (Wildman–Crippen LogP) is 3.15. The number of carbonyl (C=O) groups excluding carboxylic acids is 1. The molecule has 1 nitrogen and oxygen atoms in total. The van der Waals surface area contributed by atoms with E-state index >= 15 is 0 Å². The summed E-state index contributed by atoms with van der Waals surface area (Å²) in [7, 11) is 0. The van der Waals surface area contributed by atoms with Crippen LogP contribution in [0.4, 0.5) is 0 Å². The number of hydrogen-bond acceptors (Lipinski definition) is 2. The molecule has 1 rings (SSSR count). The smallest absolute Gasteiger partial charge is 0.196 e. The molecule has 14 heavy (non-hydrogen) atoms. The molecular weight excluding hydrogens is 192 g/mol. The molecule has 0 unspecified atom stereocenters. The Balaban J connectivity index is 2.77. The van der Waals surface area contributed by atoms with Crippen LogP contribution >= 0.6 is 11.3 Å². The molecule has 0 atom stereocenters. The zero-order valence-corrected chi connectivity index (χ0v) is 8.73.